The van der Waals surface area contributed by atoms with Crippen LogP contribution < -0.4 is 10.9 Å². The first kappa shape index (κ1) is 20.9. The summed E-state index contributed by atoms with van der Waals surface area (Å²) in [5.41, 5.74) is 0.554. The van der Waals surface area contributed by atoms with Crippen molar-refractivity contribution in [2.45, 2.75) is 56.0 Å². The van der Waals surface area contributed by atoms with Crippen LogP contribution in [-0.4, -0.2) is 41.0 Å². The van der Waals surface area contributed by atoms with Crippen LogP contribution in [0.2, 0.25) is 0 Å². The molecule has 1 fully saturated rings. The van der Waals surface area contributed by atoms with Crippen LogP contribution in [0.4, 0.5) is 0 Å². The number of thioether (sulfide) groups is 1. The van der Waals surface area contributed by atoms with Crippen LogP contribution in [-0.2, 0) is 16.1 Å². The predicted molar refractivity (Wildman–Crippen MR) is 113 cm³/mol. The highest BCUT2D eigenvalue weighted by Gasteiger charge is 2.21. The Morgan fingerprint density at radius 2 is 2.07 bits per heavy atom. The number of ether oxygens (including phenoxy) is 1. The summed E-state index contributed by atoms with van der Waals surface area (Å²) >= 11 is 1.33. The van der Waals surface area contributed by atoms with Gasteiger partial charge in [-0.1, -0.05) is 43.2 Å². The number of amides is 1. The quantitative estimate of drug-likeness (QED) is 0.541. The van der Waals surface area contributed by atoms with Crippen LogP contribution >= 0.6 is 11.8 Å². The third-order valence-corrected chi connectivity index (χ3v) is 6.38. The summed E-state index contributed by atoms with van der Waals surface area (Å²) in [5.74, 6) is 0.588. The van der Waals surface area contributed by atoms with Crippen molar-refractivity contribution in [3.8, 4) is 0 Å². The molecule has 7 heteroatoms. The van der Waals surface area contributed by atoms with Crippen molar-refractivity contribution >= 4 is 28.6 Å². The van der Waals surface area contributed by atoms with Crippen molar-refractivity contribution in [1.29, 1.82) is 0 Å². The Morgan fingerprint density at radius 3 is 2.82 bits per heavy atom. The summed E-state index contributed by atoms with van der Waals surface area (Å²) in [7, 11) is 1.60. The number of fused-ring (bicyclic) bond motifs is 1. The first-order valence-corrected chi connectivity index (χ1v) is 10.9. The summed E-state index contributed by atoms with van der Waals surface area (Å²) in [6.07, 6.45) is 6.23. The van der Waals surface area contributed by atoms with Gasteiger partial charge in [0.1, 0.15) is 0 Å². The molecule has 2 aromatic rings. The SMILES string of the molecule is COCCn1c(S[C@H](C)C(=O)NCC2CCCCC2)nc2ccccc2c1=O. The zero-order chi connectivity index (χ0) is 19.9. The number of hydrogen-bond donors (Lipinski definition) is 1. The van der Waals surface area contributed by atoms with Gasteiger partial charge in [-0.25, -0.2) is 4.98 Å². The predicted octanol–water partition coefficient (Wildman–Crippen LogP) is 3.22. The molecule has 1 atom stereocenters. The standard InChI is InChI=1S/C21H29N3O3S/c1-15(19(25)22-14-16-8-4-3-5-9-16)28-21-23-18-11-7-6-10-17(18)20(26)24(21)12-13-27-2/h6-7,10-11,15-16H,3-5,8-9,12-14H2,1-2H3,(H,22,25)/t15-/m1/s1. The smallest absolute Gasteiger partial charge is 0.262 e. The zero-order valence-electron chi connectivity index (χ0n) is 16.6. The van der Waals surface area contributed by atoms with Crippen LogP contribution in [0.3, 0.4) is 0 Å². The third kappa shape index (κ3) is 5.14. The molecule has 1 aromatic carbocycles. The Kier molecular flexibility index (Phi) is 7.50. The number of hydrogen-bond acceptors (Lipinski definition) is 5. The molecule has 1 heterocycles. The van der Waals surface area contributed by atoms with Crippen LogP contribution in [0.25, 0.3) is 10.9 Å². The van der Waals surface area contributed by atoms with Crippen molar-refractivity contribution in [1.82, 2.24) is 14.9 Å². The molecular weight excluding hydrogens is 374 g/mol. The van der Waals surface area contributed by atoms with Gasteiger partial charge in [0, 0.05) is 13.7 Å². The second-order valence-corrected chi connectivity index (χ2v) is 8.68. The molecule has 1 aromatic heterocycles. The van der Waals surface area contributed by atoms with Gasteiger partial charge in [-0.15, -0.1) is 0 Å². The lowest BCUT2D eigenvalue weighted by Gasteiger charge is -2.22. The molecule has 0 radical (unpaired) electrons. The molecule has 1 aliphatic carbocycles. The van der Waals surface area contributed by atoms with Crippen LogP contribution in [0.5, 0.6) is 0 Å². The molecule has 1 aliphatic rings. The van der Waals surface area contributed by atoms with E-state index >= 15 is 0 Å². The normalized spacial score (nSPS) is 16.2. The highest BCUT2D eigenvalue weighted by molar-refractivity contribution is 8.00. The summed E-state index contributed by atoms with van der Waals surface area (Å²) in [6, 6.07) is 7.31. The number of aromatic nitrogens is 2. The molecule has 0 spiro atoms. The monoisotopic (exact) mass is 403 g/mol. The molecule has 152 valence electrons. The number of methoxy groups -OCH3 is 1. The number of rotatable bonds is 8. The average molecular weight is 404 g/mol. The van der Waals surface area contributed by atoms with E-state index in [4.69, 9.17) is 4.74 Å². The Balaban J connectivity index is 1.73. The Hall–Kier alpha value is -1.86. The first-order valence-electron chi connectivity index (χ1n) is 10.0. The van der Waals surface area contributed by atoms with Crippen LogP contribution in [0.1, 0.15) is 39.0 Å². The van der Waals surface area contributed by atoms with E-state index in [1.807, 2.05) is 25.1 Å². The lowest BCUT2D eigenvalue weighted by Crippen LogP contribution is -2.36. The minimum Gasteiger partial charge on any atom is -0.383 e. The van der Waals surface area contributed by atoms with E-state index in [2.05, 4.69) is 10.3 Å². The molecule has 1 amide bonds. The molecule has 6 nitrogen and oxygen atoms in total. The number of nitrogens with zero attached hydrogens (tertiary/aromatic N) is 2. The van der Waals surface area contributed by atoms with Gasteiger partial charge in [-0.2, -0.15) is 0 Å². The largest absolute Gasteiger partial charge is 0.383 e. The van der Waals surface area contributed by atoms with Gasteiger partial charge in [-0.3, -0.25) is 14.2 Å². The van der Waals surface area contributed by atoms with Crippen molar-refractivity contribution in [2.24, 2.45) is 5.92 Å². The minimum absolute atomic E-state index is 0.00345. The van der Waals surface area contributed by atoms with E-state index < -0.39 is 0 Å². The van der Waals surface area contributed by atoms with Gasteiger partial charge in [0.2, 0.25) is 5.91 Å². The van der Waals surface area contributed by atoms with Crippen molar-refractivity contribution in [2.75, 3.05) is 20.3 Å². The summed E-state index contributed by atoms with van der Waals surface area (Å²) < 4.78 is 6.76. The maximum absolute atomic E-state index is 12.9. The van der Waals surface area contributed by atoms with Crippen LogP contribution in [0.15, 0.2) is 34.2 Å². The number of carbonyl (C=O) groups excluding carboxylic acids is 1. The number of carbonyl (C=O) groups is 1. The van der Waals surface area contributed by atoms with Gasteiger partial charge >= 0.3 is 0 Å². The Bertz CT molecular complexity index is 862. The Morgan fingerprint density at radius 1 is 1.32 bits per heavy atom. The maximum Gasteiger partial charge on any atom is 0.262 e. The highest BCUT2D eigenvalue weighted by atomic mass is 32.2. The average Bonchev–Trinajstić information content (AvgIpc) is 2.72. The number of para-hydroxylation sites is 1. The van der Waals surface area contributed by atoms with Gasteiger partial charge in [0.25, 0.3) is 5.56 Å². The maximum atomic E-state index is 12.9. The van der Waals surface area contributed by atoms with E-state index in [1.54, 1.807) is 17.7 Å². The summed E-state index contributed by atoms with van der Waals surface area (Å²) in [4.78, 5) is 30.1. The lowest BCUT2D eigenvalue weighted by molar-refractivity contribution is -0.120. The second-order valence-electron chi connectivity index (χ2n) is 7.37. The molecule has 0 unspecified atom stereocenters. The summed E-state index contributed by atoms with van der Waals surface area (Å²) in [6.45, 7) is 3.43. The summed E-state index contributed by atoms with van der Waals surface area (Å²) in [5, 5.41) is 3.90. The topological polar surface area (TPSA) is 73.2 Å². The van der Waals surface area contributed by atoms with E-state index in [0.29, 0.717) is 35.1 Å². The fourth-order valence-electron chi connectivity index (χ4n) is 3.61. The third-order valence-electron chi connectivity index (χ3n) is 5.29. The van der Waals surface area contributed by atoms with E-state index in [-0.39, 0.29) is 16.7 Å². The second kappa shape index (κ2) is 10.1. The first-order chi connectivity index (χ1) is 13.6. The molecule has 28 heavy (non-hydrogen) atoms. The lowest BCUT2D eigenvalue weighted by atomic mass is 9.89. The minimum atomic E-state index is -0.328. The molecule has 1 saturated carbocycles. The number of benzene rings is 1. The molecule has 1 N–H and O–H groups in total. The van der Waals surface area contributed by atoms with Gasteiger partial charge in [-0.05, 0) is 37.8 Å². The molecule has 0 aliphatic heterocycles. The zero-order valence-corrected chi connectivity index (χ0v) is 17.5. The molecule has 0 bridgehead atoms. The van der Waals surface area contributed by atoms with E-state index in [0.717, 1.165) is 6.54 Å². The van der Waals surface area contributed by atoms with E-state index in [1.165, 1.54) is 43.9 Å². The highest BCUT2D eigenvalue weighted by Crippen LogP contribution is 2.24. The van der Waals surface area contributed by atoms with Crippen molar-refractivity contribution < 1.29 is 9.53 Å². The van der Waals surface area contributed by atoms with E-state index in [9.17, 15) is 9.59 Å². The number of nitrogens with one attached hydrogen (secondary N) is 1. The fourth-order valence-corrected chi connectivity index (χ4v) is 4.57. The van der Waals surface area contributed by atoms with Gasteiger partial charge in [0.05, 0.1) is 29.3 Å². The molecule has 3 rings (SSSR count). The molecule has 0 saturated heterocycles. The van der Waals surface area contributed by atoms with Gasteiger partial charge < -0.3 is 10.1 Å². The van der Waals surface area contributed by atoms with Crippen molar-refractivity contribution in [3.05, 3.63) is 34.6 Å². The van der Waals surface area contributed by atoms with Crippen molar-refractivity contribution in [3.63, 3.8) is 0 Å². The van der Waals surface area contributed by atoms with Crippen LogP contribution in [0, 0.1) is 5.92 Å². The fraction of sp³-hybridized carbons (Fsp3) is 0.571. The van der Waals surface area contributed by atoms with Gasteiger partial charge in [0.15, 0.2) is 5.16 Å². The Labute approximate surface area is 170 Å². The molecular formula is C21H29N3O3S.